The third-order valence-electron chi connectivity index (χ3n) is 4.01. The number of likely N-dealkylation sites (tertiary alicyclic amines) is 1. The van der Waals surface area contributed by atoms with Crippen LogP contribution in [0.15, 0.2) is 28.8 Å². The summed E-state index contributed by atoms with van der Waals surface area (Å²) in [6, 6.07) is 4.93. The zero-order valence-corrected chi connectivity index (χ0v) is 13.4. The van der Waals surface area contributed by atoms with Gasteiger partial charge in [-0.2, -0.15) is 4.98 Å². The van der Waals surface area contributed by atoms with Crippen LogP contribution in [-0.2, 0) is 0 Å². The summed E-state index contributed by atoms with van der Waals surface area (Å²) in [5, 5.41) is 3.77. The van der Waals surface area contributed by atoms with E-state index in [0.717, 1.165) is 12.1 Å². The highest BCUT2D eigenvalue weighted by atomic mass is 19.4. The zero-order valence-electron chi connectivity index (χ0n) is 13.4. The van der Waals surface area contributed by atoms with Crippen molar-refractivity contribution < 1.29 is 27.2 Å². The van der Waals surface area contributed by atoms with Gasteiger partial charge in [0.1, 0.15) is 5.75 Å². The van der Waals surface area contributed by atoms with Crippen LogP contribution in [0, 0.1) is 6.92 Å². The summed E-state index contributed by atoms with van der Waals surface area (Å²) in [7, 11) is 0. The lowest BCUT2D eigenvalue weighted by atomic mass is 9.96. The van der Waals surface area contributed by atoms with Gasteiger partial charge in [0, 0.05) is 24.6 Å². The number of piperidine rings is 1. The van der Waals surface area contributed by atoms with Crippen molar-refractivity contribution in [2.24, 2.45) is 0 Å². The van der Waals surface area contributed by atoms with E-state index in [1.165, 1.54) is 12.1 Å². The molecule has 1 fully saturated rings. The van der Waals surface area contributed by atoms with E-state index in [1.54, 1.807) is 11.8 Å². The third-order valence-corrected chi connectivity index (χ3v) is 4.01. The number of aryl methyl sites for hydroxylation is 1. The minimum absolute atomic E-state index is 0.118. The topological polar surface area (TPSA) is 68.5 Å². The Morgan fingerprint density at radius 3 is 2.40 bits per heavy atom. The first-order chi connectivity index (χ1) is 11.8. The number of aromatic nitrogens is 2. The molecular formula is C16H16F3N3O3. The van der Waals surface area contributed by atoms with Gasteiger partial charge >= 0.3 is 6.36 Å². The number of alkyl halides is 3. The second-order valence-corrected chi connectivity index (χ2v) is 5.82. The van der Waals surface area contributed by atoms with Crippen LogP contribution >= 0.6 is 0 Å². The molecule has 0 saturated carbocycles. The second kappa shape index (κ2) is 6.73. The Hall–Kier alpha value is -2.58. The van der Waals surface area contributed by atoms with Gasteiger partial charge in [-0.25, -0.2) is 0 Å². The van der Waals surface area contributed by atoms with Crippen LogP contribution < -0.4 is 4.74 Å². The Morgan fingerprint density at radius 1 is 1.24 bits per heavy atom. The molecule has 1 aromatic carbocycles. The SMILES string of the molecule is Cc1noc(C2CCN(C(=O)c3ccc(OC(F)(F)F)cc3)CC2)n1. The highest BCUT2D eigenvalue weighted by Crippen LogP contribution is 2.28. The third kappa shape index (κ3) is 4.28. The summed E-state index contributed by atoms with van der Waals surface area (Å²) in [6.07, 6.45) is -3.36. The molecule has 1 aliphatic rings. The largest absolute Gasteiger partial charge is 0.573 e. The van der Waals surface area contributed by atoms with E-state index in [-0.39, 0.29) is 17.6 Å². The number of rotatable bonds is 3. The van der Waals surface area contributed by atoms with Gasteiger partial charge in [-0.1, -0.05) is 5.16 Å². The summed E-state index contributed by atoms with van der Waals surface area (Å²) in [6.45, 7) is 2.79. The number of halogens is 3. The van der Waals surface area contributed by atoms with E-state index < -0.39 is 6.36 Å². The molecule has 0 N–H and O–H groups in total. The van der Waals surface area contributed by atoms with Gasteiger partial charge in [0.15, 0.2) is 5.82 Å². The number of nitrogens with zero attached hydrogens (tertiary/aromatic N) is 3. The van der Waals surface area contributed by atoms with Crippen molar-refractivity contribution in [2.75, 3.05) is 13.1 Å². The van der Waals surface area contributed by atoms with Gasteiger partial charge in [0.25, 0.3) is 5.91 Å². The molecule has 9 heteroatoms. The number of ether oxygens (including phenoxy) is 1. The van der Waals surface area contributed by atoms with Crippen molar-refractivity contribution in [1.29, 1.82) is 0 Å². The lowest BCUT2D eigenvalue weighted by Gasteiger charge is -2.30. The van der Waals surface area contributed by atoms with Crippen molar-refractivity contribution >= 4 is 5.91 Å². The van der Waals surface area contributed by atoms with E-state index in [2.05, 4.69) is 14.9 Å². The molecule has 134 valence electrons. The molecule has 0 unspecified atom stereocenters. The van der Waals surface area contributed by atoms with E-state index in [4.69, 9.17) is 4.52 Å². The smallest absolute Gasteiger partial charge is 0.406 e. The predicted molar refractivity (Wildman–Crippen MR) is 80.0 cm³/mol. The number of hydrogen-bond donors (Lipinski definition) is 0. The van der Waals surface area contributed by atoms with E-state index in [0.29, 0.717) is 43.2 Å². The van der Waals surface area contributed by atoms with Crippen LogP contribution in [0.5, 0.6) is 5.75 Å². The summed E-state index contributed by atoms with van der Waals surface area (Å²) in [5.74, 6) is 0.703. The minimum Gasteiger partial charge on any atom is -0.406 e. The van der Waals surface area contributed by atoms with E-state index in [9.17, 15) is 18.0 Å². The number of hydrogen-bond acceptors (Lipinski definition) is 5. The molecule has 6 nitrogen and oxygen atoms in total. The fraction of sp³-hybridized carbons (Fsp3) is 0.438. The molecular weight excluding hydrogens is 339 g/mol. The lowest BCUT2D eigenvalue weighted by molar-refractivity contribution is -0.274. The van der Waals surface area contributed by atoms with Gasteiger partial charge in [0.05, 0.1) is 0 Å². The Labute approximate surface area is 141 Å². The van der Waals surface area contributed by atoms with Gasteiger partial charge in [-0.3, -0.25) is 4.79 Å². The van der Waals surface area contributed by atoms with Gasteiger partial charge in [0.2, 0.25) is 5.89 Å². The number of amides is 1. The molecule has 0 bridgehead atoms. The summed E-state index contributed by atoms with van der Waals surface area (Å²) >= 11 is 0. The molecule has 1 amide bonds. The molecule has 1 aliphatic heterocycles. The van der Waals surface area contributed by atoms with Crippen LogP contribution in [-0.4, -0.2) is 40.4 Å². The lowest BCUT2D eigenvalue weighted by Crippen LogP contribution is -2.38. The average Bonchev–Trinajstić information content (AvgIpc) is 3.00. The number of carbonyl (C=O) groups is 1. The Kier molecular flexibility index (Phi) is 4.65. The predicted octanol–water partition coefficient (Wildman–Crippen LogP) is 3.30. The highest BCUT2D eigenvalue weighted by Gasteiger charge is 2.31. The fourth-order valence-electron chi connectivity index (χ4n) is 2.79. The first kappa shape index (κ1) is 17.2. The molecule has 25 heavy (non-hydrogen) atoms. The summed E-state index contributed by atoms with van der Waals surface area (Å²) in [4.78, 5) is 18.3. The Bertz CT molecular complexity index is 735. The quantitative estimate of drug-likeness (QED) is 0.845. The molecule has 0 radical (unpaired) electrons. The van der Waals surface area contributed by atoms with Gasteiger partial charge in [-0.05, 0) is 44.0 Å². The van der Waals surface area contributed by atoms with E-state index >= 15 is 0 Å². The molecule has 2 heterocycles. The maximum Gasteiger partial charge on any atom is 0.573 e. The fourth-order valence-corrected chi connectivity index (χ4v) is 2.79. The Balaban J connectivity index is 1.59. The minimum atomic E-state index is -4.75. The normalized spacial score (nSPS) is 16.1. The number of benzene rings is 1. The first-order valence-electron chi connectivity index (χ1n) is 7.77. The maximum atomic E-state index is 12.5. The molecule has 1 aromatic heterocycles. The van der Waals surface area contributed by atoms with Crippen LogP contribution in [0.1, 0.15) is 40.8 Å². The second-order valence-electron chi connectivity index (χ2n) is 5.82. The molecule has 1 saturated heterocycles. The van der Waals surface area contributed by atoms with Crippen molar-refractivity contribution in [1.82, 2.24) is 15.0 Å². The van der Waals surface area contributed by atoms with Gasteiger partial charge < -0.3 is 14.2 Å². The van der Waals surface area contributed by atoms with Crippen molar-refractivity contribution in [3.8, 4) is 5.75 Å². The van der Waals surface area contributed by atoms with Crippen molar-refractivity contribution in [2.45, 2.75) is 32.0 Å². The number of carbonyl (C=O) groups excluding carboxylic acids is 1. The van der Waals surface area contributed by atoms with Crippen molar-refractivity contribution in [3.63, 3.8) is 0 Å². The first-order valence-corrected chi connectivity index (χ1v) is 7.77. The Morgan fingerprint density at radius 2 is 1.88 bits per heavy atom. The highest BCUT2D eigenvalue weighted by molar-refractivity contribution is 5.94. The standard InChI is InChI=1S/C16H16F3N3O3/c1-10-20-14(25-21-10)11-6-8-22(9-7-11)15(23)12-2-4-13(5-3-12)24-16(17,18)19/h2-5,11H,6-9H2,1H3. The molecule has 0 aliphatic carbocycles. The molecule has 0 spiro atoms. The van der Waals surface area contributed by atoms with Crippen LogP contribution in [0.2, 0.25) is 0 Å². The zero-order chi connectivity index (χ0) is 18.0. The van der Waals surface area contributed by atoms with E-state index in [1.807, 2.05) is 0 Å². The van der Waals surface area contributed by atoms with Crippen LogP contribution in [0.25, 0.3) is 0 Å². The van der Waals surface area contributed by atoms with Crippen molar-refractivity contribution in [3.05, 3.63) is 41.5 Å². The molecule has 3 rings (SSSR count). The summed E-state index contributed by atoms with van der Waals surface area (Å²) in [5.41, 5.74) is 0.321. The van der Waals surface area contributed by atoms with Gasteiger partial charge in [-0.15, -0.1) is 13.2 Å². The monoisotopic (exact) mass is 355 g/mol. The van der Waals surface area contributed by atoms with Crippen LogP contribution in [0.4, 0.5) is 13.2 Å². The molecule has 0 atom stereocenters. The van der Waals surface area contributed by atoms with Crippen LogP contribution in [0.3, 0.4) is 0 Å². The summed E-state index contributed by atoms with van der Waals surface area (Å²) < 4.78 is 45.4. The molecule has 2 aromatic rings. The maximum absolute atomic E-state index is 12.5. The average molecular weight is 355 g/mol.